The van der Waals surface area contributed by atoms with Crippen molar-refractivity contribution in [3.63, 3.8) is 0 Å². The monoisotopic (exact) mass is 251 g/mol. The zero-order chi connectivity index (χ0) is 13.1. The average Bonchev–Trinajstić information content (AvgIpc) is 2.77. The van der Waals surface area contributed by atoms with E-state index < -0.39 is 5.97 Å². The number of nitrogens with zero attached hydrogens (tertiary/aromatic N) is 1. The van der Waals surface area contributed by atoms with Crippen molar-refractivity contribution in [3.8, 4) is 0 Å². The summed E-state index contributed by atoms with van der Waals surface area (Å²) in [6.45, 7) is 2.71. The van der Waals surface area contributed by atoms with Gasteiger partial charge in [-0.15, -0.1) is 0 Å². The number of methoxy groups -OCH3 is 1. The molecule has 3 N–H and O–H groups in total. The van der Waals surface area contributed by atoms with Gasteiger partial charge in [0.25, 0.3) is 0 Å². The lowest BCUT2D eigenvalue weighted by molar-refractivity contribution is 0.0602. The minimum Gasteiger partial charge on any atom is -0.465 e. The van der Waals surface area contributed by atoms with Gasteiger partial charge in [-0.2, -0.15) is 0 Å². The molecule has 1 saturated heterocycles. The van der Waals surface area contributed by atoms with Gasteiger partial charge in [0.1, 0.15) is 5.82 Å². The number of ether oxygens (including phenoxy) is 2. The molecular weight excluding hydrogens is 234 g/mol. The molecule has 0 saturated carbocycles. The summed E-state index contributed by atoms with van der Waals surface area (Å²) in [5, 5.41) is 3.21. The smallest absolute Gasteiger partial charge is 0.340 e. The van der Waals surface area contributed by atoms with Gasteiger partial charge in [0.05, 0.1) is 30.5 Å². The first-order chi connectivity index (χ1) is 8.63. The van der Waals surface area contributed by atoms with Crippen molar-refractivity contribution in [2.75, 3.05) is 24.8 Å². The number of nitrogens with two attached hydrogens (primary N) is 1. The third-order valence-corrected chi connectivity index (χ3v) is 3.09. The largest absolute Gasteiger partial charge is 0.465 e. The maximum Gasteiger partial charge on any atom is 0.340 e. The Kier molecular flexibility index (Phi) is 3.66. The Hall–Kier alpha value is -1.82. The van der Waals surface area contributed by atoms with Crippen LogP contribution in [0.25, 0.3) is 0 Å². The molecule has 0 radical (unpaired) electrons. The van der Waals surface area contributed by atoms with Crippen LogP contribution in [-0.4, -0.2) is 36.8 Å². The Morgan fingerprint density at radius 1 is 1.67 bits per heavy atom. The maximum absolute atomic E-state index is 11.5. The van der Waals surface area contributed by atoms with E-state index in [1.807, 2.05) is 6.92 Å². The fourth-order valence-electron chi connectivity index (χ4n) is 1.97. The second-order valence-electron chi connectivity index (χ2n) is 4.23. The van der Waals surface area contributed by atoms with Gasteiger partial charge in [0.2, 0.25) is 0 Å². The van der Waals surface area contributed by atoms with Gasteiger partial charge in [0, 0.05) is 12.8 Å². The Balaban J connectivity index is 2.20. The molecule has 6 heteroatoms. The van der Waals surface area contributed by atoms with E-state index in [0.717, 1.165) is 13.0 Å². The Morgan fingerprint density at radius 3 is 3.06 bits per heavy atom. The lowest BCUT2D eigenvalue weighted by atomic mass is 10.1. The van der Waals surface area contributed by atoms with Crippen LogP contribution < -0.4 is 11.1 Å². The second-order valence-corrected chi connectivity index (χ2v) is 4.23. The molecule has 1 aliphatic heterocycles. The van der Waals surface area contributed by atoms with Crippen molar-refractivity contribution in [1.29, 1.82) is 0 Å². The standard InChI is InChI=1S/C12H17N3O3/c1-7-9(4-6-18-7)15-11-10(13)8(3-5-14-11)12(16)17-2/h3,5,7,9H,4,6,13H2,1-2H3,(H,14,15). The number of carbonyl (C=O) groups excluding carboxylic acids is 1. The number of carbonyl (C=O) groups is 1. The van der Waals surface area contributed by atoms with E-state index >= 15 is 0 Å². The van der Waals surface area contributed by atoms with Gasteiger partial charge in [-0.3, -0.25) is 0 Å². The summed E-state index contributed by atoms with van der Waals surface area (Å²) in [6, 6.07) is 1.70. The molecule has 1 aromatic rings. The van der Waals surface area contributed by atoms with E-state index in [2.05, 4.69) is 15.0 Å². The molecule has 1 aromatic heterocycles. The first kappa shape index (κ1) is 12.6. The number of nitrogen functional groups attached to an aromatic ring is 1. The molecule has 0 amide bonds. The lowest BCUT2D eigenvalue weighted by Gasteiger charge is -2.18. The van der Waals surface area contributed by atoms with Crippen LogP contribution in [0.3, 0.4) is 0 Å². The van der Waals surface area contributed by atoms with Crippen molar-refractivity contribution in [1.82, 2.24) is 4.98 Å². The minimum atomic E-state index is -0.464. The zero-order valence-electron chi connectivity index (χ0n) is 10.5. The SMILES string of the molecule is COC(=O)c1ccnc(NC2CCOC2C)c1N. The molecule has 1 fully saturated rings. The Labute approximate surface area is 105 Å². The van der Waals surface area contributed by atoms with E-state index in [1.165, 1.54) is 13.3 Å². The van der Waals surface area contributed by atoms with E-state index in [1.54, 1.807) is 6.07 Å². The molecule has 2 rings (SSSR count). The van der Waals surface area contributed by atoms with Crippen molar-refractivity contribution in [2.45, 2.75) is 25.5 Å². The third kappa shape index (κ3) is 2.38. The predicted molar refractivity (Wildman–Crippen MR) is 67.4 cm³/mol. The third-order valence-electron chi connectivity index (χ3n) is 3.09. The molecule has 2 unspecified atom stereocenters. The molecule has 0 aliphatic carbocycles. The fourth-order valence-corrected chi connectivity index (χ4v) is 1.97. The summed E-state index contributed by atoms with van der Waals surface area (Å²) in [6.07, 6.45) is 2.53. The number of pyridine rings is 1. The summed E-state index contributed by atoms with van der Waals surface area (Å²) in [7, 11) is 1.32. The van der Waals surface area contributed by atoms with Crippen molar-refractivity contribution in [3.05, 3.63) is 17.8 Å². The number of hydrogen-bond acceptors (Lipinski definition) is 6. The highest BCUT2D eigenvalue weighted by Gasteiger charge is 2.25. The normalized spacial score (nSPS) is 22.8. The number of hydrogen-bond donors (Lipinski definition) is 2. The summed E-state index contributed by atoms with van der Waals surface area (Å²) in [5.74, 6) is 0.0360. The van der Waals surface area contributed by atoms with E-state index in [0.29, 0.717) is 17.1 Å². The van der Waals surface area contributed by atoms with Gasteiger partial charge >= 0.3 is 5.97 Å². The van der Waals surface area contributed by atoms with Gasteiger partial charge in [-0.25, -0.2) is 9.78 Å². The highest BCUT2D eigenvalue weighted by Crippen LogP contribution is 2.24. The Bertz CT molecular complexity index is 450. The molecule has 1 aliphatic rings. The van der Waals surface area contributed by atoms with E-state index in [-0.39, 0.29) is 12.1 Å². The minimum absolute atomic E-state index is 0.105. The number of esters is 1. The summed E-state index contributed by atoms with van der Waals surface area (Å²) < 4.78 is 10.1. The van der Waals surface area contributed by atoms with E-state index in [4.69, 9.17) is 10.5 Å². The van der Waals surface area contributed by atoms with Crippen LogP contribution in [0.5, 0.6) is 0 Å². The first-order valence-electron chi connectivity index (χ1n) is 5.84. The number of rotatable bonds is 3. The van der Waals surface area contributed by atoms with E-state index in [9.17, 15) is 4.79 Å². The molecule has 6 nitrogen and oxygen atoms in total. The molecule has 2 atom stereocenters. The maximum atomic E-state index is 11.5. The van der Waals surface area contributed by atoms with Crippen LogP contribution in [-0.2, 0) is 9.47 Å². The van der Waals surface area contributed by atoms with Gasteiger partial charge in [0.15, 0.2) is 0 Å². The van der Waals surface area contributed by atoms with Crippen LogP contribution in [0.2, 0.25) is 0 Å². The number of nitrogens with one attached hydrogen (secondary N) is 1. The molecule has 18 heavy (non-hydrogen) atoms. The molecule has 0 bridgehead atoms. The van der Waals surface area contributed by atoms with Crippen LogP contribution >= 0.6 is 0 Å². The van der Waals surface area contributed by atoms with Crippen molar-refractivity contribution < 1.29 is 14.3 Å². The number of anilines is 2. The van der Waals surface area contributed by atoms with Crippen LogP contribution in [0.4, 0.5) is 11.5 Å². The molecule has 0 aromatic carbocycles. The number of aromatic nitrogens is 1. The van der Waals surface area contributed by atoms with Crippen LogP contribution in [0.15, 0.2) is 12.3 Å². The summed E-state index contributed by atoms with van der Waals surface area (Å²) >= 11 is 0. The highest BCUT2D eigenvalue weighted by atomic mass is 16.5. The van der Waals surface area contributed by atoms with Crippen molar-refractivity contribution >= 4 is 17.5 Å². The van der Waals surface area contributed by atoms with Gasteiger partial charge < -0.3 is 20.5 Å². The summed E-state index contributed by atoms with van der Waals surface area (Å²) in [5.41, 5.74) is 6.55. The Morgan fingerprint density at radius 2 is 2.44 bits per heavy atom. The van der Waals surface area contributed by atoms with Gasteiger partial charge in [-0.05, 0) is 19.4 Å². The molecule has 2 heterocycles. The molecule has 98 valence electrons. The topological polar surface area (TPSA) is 86.5 Å². The average molecular weight is 251 g/mol. The highest BCUT2D eigenvalue weighted by molar-refractivity contribution is 5.97. The van der Waals surface area contributed by atoms with Crippen LogP contribution in [0, 0.1) is 0 Å². The predicted octanol–water partition coefficient (Wildman–Crippen LogP) is 1.04. The second kappa shape index (κ2) is 5.22. The quantitative estimate of drug-likeness (QED) is 0.780. The fraction of sp³-hybridized carbons (Fsp3) is 0.500. The lowest BCUT2D eigenvalue weighted by Crippen LogP contribution is -2.28. The summed E-state index contributed by atoms with van der Waals surface area (Å²) in [4.78, 5) is 15.7. The van der Waals surface area contributed by atoms with Crippen LogP contribution in [0.1, 0.15) is 23.7 Å². The molecule has 0 spiro atoms. The van der Waals surface area contributed by atoms with Gasteiger partial charge in [-0.1, -0.05) is 0 Å². The first-order valence-corrected chi connectivity index (χ1v) is 5.84. The zero-order valence-corrected chi connectivity index (χ0v) is 10.5. The molecular formula is C12H17N3O3. The van der Waals surface area contributed by atoms with Crippen molar-refractivity contribution in [2.24, 2.45) is 0 Å².